The Kier molecular flexibility index (Phi) is 10.8. The fraction of sp³-hybridized carbons (Fsp3) is 0.233. The maximum Gasteiger partial charge on any atom is 0.547 e. The molecule has 5 rings (SSSR count). The van der Waals surface area contributed by atoms with Crippen molar-refractivity contribution < 1.29 is 72.1 Å². The van der Waals surface area contributed by atoms with Gasteiger partial charge in [0.1, 0.15) is 23.2 Å². The van der Waals surface area contributed by atoms with E-state index in [4.69, 9.17) is 16.3 Å². The summed E-state index contributed by atoms with van der Waals surface area (Å²) in [4.78, 5) is 84.8. The minimum Gasteiger partial charge on any atom is -0.534 e. The largest absolute Gasteiger partial charge is 0.547 e. The van der Waals surface area contributed by atoms with Gasteiger partial charge in [-0.3, -0.25) is 23.8 Å². The standard InChI is InChI=1S/C30H27BClF2N4O13P/c32-21-16(9-18(34)23(39)24(21)40)11-37-7-8-38(28(43)27(37)42)30(46)36-22(14-3-1-13(2-4-14)12-52(48,49)50)26(41)35-19-10-15-5-6-17(33)20(29(44)45)25(15)51-31(19)47/h1-6,9,19,22,39-40,47H,7-8,10-12H2,(H,35,41)(H,36,46)(H,44,45)(H2,48,49,50)/t19-,22+/m0/s1. The Morgan fingerprint density at radius 2 is 1.69 bits per heavy atom. The van der Waals surface area contributed by atoms with E-state index in [2.05, 4.69) is 10.6 Å². The van der Waals surface area contributed by atoms with Crippen LogP contribution in [0.25, 0.3) is 0 Å². The van der Waals surface area contributed by atoms with Gasteiger partial charge in [0.05, 0.1) is 17.1 Å². The van der Waals surface area contributed by atoms with Crippen molar-refractivity contribution in [2.24, 2.45) is 0 Å². The SMILES string of the molecule is O=C(O)c1c(F)ccc2c1OB(O)[C@@H](NC(=O)[C@H](NC(=O)N1CCN(Cc3cc(F)c(O)c(O)c3Cl)C(=O)C1=O)c1ccc(CP(=O)(O)O)cc1)C2. The molecule has 8 N–H and O–H groups in total. The second-order valence-corrected chi connectivity index (χ2v) is 13.7. The van der Waals surface area contributed by atoms with Gasteiger partial charge in [-0.15, -0.1) is 0 Å². The minimum atomic E-state index is -4.49. The number of imide groups is 1. The number of hydrogen-bond donors (Lipinski definition) is 8. The van der Waals surface area contributed by atoms with Gasteiger partial charge in [0.15, 0.2) is 17.3 Å². The average molecular weight is 767 g/mol. The Bertz CT molecular complexity index is 2040. The number of urea groups is 1. The maximum atomic E-state index is 14.2. The first-order chi connectivity index (χ1) is 24.4. The predicted octanol–water partition coefficient (Wildman–Crippen LogP) is 1.17. The highest BCUT2D eigenvalue weighted by Gasteiger charge is 2.42. The number of nitrogens with zero attached hydrogens (tertiary/aromatic N) is 2. The lowest BCUT2D eigenvalue weighted by Gasteiger charge is -2.34. The zero-order valence-electron chi connectivity index (χ0n) is 26.3. The van der Waals surface area contributed by atoms with E-state index in [0.29, 0.717) is 4.90 Å². The molecule has 3 aromatic rings. The van der Waals surface area contributed by atoms with Crippen molar-refractivity contribution in [1.29, 1.82) is 0 Å². The number of piperazine rings is 1. The third-order valence-corrected chi connectivity index (χ3v) is 9.34. The Morgan fingerprint density at radius 3 is 2.33 bits per heavy atom. The molecule has 0 radical (unpaired) electrons. The molecule has 0 unspecified atom stereocenters. The van der Waals surface area contributed by atoms with Crippen LogP contribution < -0.4 is 15.3 Å². The molecule has 17 nitrogen and oxygen atoms in total. The molecule has 22 heteroatoms. The van der Waals surface area contributed by atoms with Gasteiger partial charge in [0.2, 0.25) is 5.91 Å². The van der Waals surface area contributed by atoms with Crippen LogP contribution >= 0.6 is 19.2 Å². The third kappa shape index (κ3) is 7.95. The zero-order chi connectivity index (χ0) is 38.2. The molecule has 0 saturated carbocycles. The van der Waals surface area contributed by atoms with Gasteiger partial charge in [-0.25, -0.2) is 18.4 Å². The lowest BCUT2D eigenvalue weighted by atomic mass is 9.72. The van der Waals surface area contributed by atoms with E-state index in [9.17, 15) is 67.4 Å². The van der Waals surface area contributed by atoms with Crippen LogP contribution in [0.4, 0.5) is 13.6 Å². The van der Waals surface area contributed by atoms with Crippen LogP contribution in [0.3, 0.4) is 0 Å². The van der Waals surface area contributed by atoms with Crippen LogP contribution in [0, 0.1) is 11.6 Å². The highest BCUT2D eigenvalue weighted by Crippen LogP contribution is 2.40. The number of hydrogen-bond acceptors (Lipinski definition) is 10. The van der Waals surface area contributed by atoms with Crippen molar-refractivity contribution >= 4 is 56.0 Å². The summed E-state index contributed by atoms with van der Waals surface area (Å²) in [6, 6.07) is 4.91. The molecule has 2 atom stereocenters. The molecule has 52 heavy (non-hydrogen) atoms. The van der Waals surface area contributed by atoms with E-state index in [1.54, 1.807) is 0 Å². The van der Waals surface area contributed by atoms with Crippen LogP contribution in [0.15, 0.2) is 42.5 Å². The molecule has 0 bridgehead atoms. The van der Waals surface area contributed by atoms with Crippen LogP contribution in [0.1, 0.15) is 38.7 Å². The Balaban J connectivity index is 1.36. The van der Waals surface area contributed by atoms with Crippen LogP contribution in [0.5, 0.6) is 17.2 Å². The number of nitrogens with one attached hydrogen (secondary N) is 2. The number of benzene rings is 3. The van der Waals surface area contributed by atoms with Crippen LogP contribution in [-0.2, 0) is 38.1 Å². The smallest absolute Gasteiger partial charge is 0.534 e. The normalized spacial score (nSPS) is 16.6. The summed E-state index contributed by atoms with van der Waals surface area (Å²) in [5.41, 5.74) is -0.699. The number of carboxylic acids is 1. The lowest BCUT2D eigenvalue weighted by molar-refractivity contribution is -0.154. The van der Waals surface area contributed by atoms with Crippen molar-refractivity contribution in [3.05, 3.63) is 86.9 Å². The molecule has 0 aliphatic carbocycles. The van der Waals surface area contributed by atoms with Gasteiger partial charge in [-0.2, -0.15) is 0 Å². The molecule has 2 heterocycles. The van der Waals surface area contributed by atoms with Crippen molar-refractivity contribution in [2.45, 2.75) is 31.1 Å². The van der Waals surface area contributed by atoms with Gasteiger partial charge < -0.3 is 50.3 Å². The zero-order valence-corrected chi connectivity index (χ0v) is 28.0. The number of phenolic OH excluding ortho intramolecular Hbond substituents is 2. The summed E-state index contributed by atoms with van der Waals surface area (Å²) in [6.07, 6.45) is -0.907. The average Bonchev–Trinajstić information content (AvgIpc) is 3.07. The molecule has 0 aromatic heterocycles. The van der Waals surface area contributed by atoms with E-state index < -0.39 is 115 Å². The molecule has 1 fully saturated rings. The molecule has 3 aromatic carbocycles. The number of aromatic hydroxyl groups is 2. The van der Waals surface area contributed by atoms with Gasteiger partial charge in [0.25, 0.3) is 0 Å². The van der Waals surface area contributed by atoms with Crippen molar-refractivity contribution in [3.8, 4) is 17.2 Å². The number of fused-ring (bicyclic) bond motifs is 1. The first-order valence-electron chi connectivity index (χ1n) is 15.0. The Morgan fingerprint density at radius 1 is 1.02 bits per heavy atom. The predicted molar refractivity (Wildman–Crippen MR) is 173 cm³/mol. The van der Waals surface area contributed by atoms with Crippen LogP contribution in [0.2, 0.25) is 5.02 Å². The van der Waals surface area contributed by atoms with Crippen molar-refractivity contribution in [2.75, 3.05) is 13.1 Å². The highest BCUT2D eigenvalue weighted by molar-refractivity contribution is 7.50. The number of phenols is 2. The number of carboxylic acid groups (broad SMARTS) is 1. The second kappa shape index (κ2) is 14.8. The Labute approximate surface area is 296 Å². The summed E-state index contributed by atoms with van der Waals surface area (Å²) < 4.78 is 44.9. The number of amides is 5. The van der Waals surface area contributed by atoms with Gasteiger partial charge in [0, 0.05) is 19.6 Å². The molecular formula is C30H27BClF2N4O13P. The van der Waals surface area contributed by atoms with Crippen molar-refractivity contribution in [1.82, 2.24) is 20.4 Å². The molecule has 274 valence electrons. The van der Waals surface area contributed by atoms with E-state index >= 15 is 0 Å². The first-order valence-corrected chi connectivity index (χ1v) is 17.2. The summed E-state index contributed by atoms with van der Waals surface area (Å²) in [7, 11) is -6.39. The number of carbonyl (C=O) groups is 5. The minimum absolute atomic E-state index is 0.0170. The number of halogens is 3. The van der Waals surface area contributed by atoms with Gasteiger partial charge in [-0.05, 0) is 40.8 Å². The van der Waals surface area contributed by atoms with E-state index in [1.165, 1.54) is 30.3 Å². The molecule has 0 spiro atoms. The molecular weight excluding hydrogens is 740 g/mol. The number of rotatable bonds is 9. The molecule has 5 amide bonds. The van der Waals surface area contributed by atoms with Gasteiger partial charge in [-0.1, -0.05) is 41.9 Å². The number of carbonyl (C=O) groups excluding carboxylic acids is 4. The van der Waals surface area contributed by atoms with Crippen LogP contribution in [-0.4, -0.2) is 95.8 Å². The molecule has 2 aliphatic heterocycles. The van der Waals surface area contributed by atoms with E-state index in [-0.39, 0.29) is 35.2 Å². The number of aromatic carboxylic acids is 1. The van der Waals surface area contributed by atoms with E-state index in [0.717, 1.165) is 17.0 Å². The summed E-state index contributed by atoms with van der Waals surface area (Å²) >= 11 is 5.96. The lowest BCUT2D eigenvalue weighted by Crippen LogP contribution is -2.60. The summed E-state index contributed by atoms with van der Waals surface area (Å²) in [5, 5.41) is 43.7. The maximum absolute atomic E-state index is 14.2. The second-order valence-electron chi connectivity index (χ2n) is 11.7. The monoisotopic (exact) mass is 766 g/mol. The van der Waals surface area contributed by atoms with E-state index in [1.807, 2.05) is 0 Å². The fourth-order valence-corrected chi connectivity index (χ4v) is 6.46. The van der Waals surface area contributed by atoms with Crippen molar-refractivity contribution in [3.63, 3.8) is 0 Å². The van der Waals surface area contributed by atoms with Gasteiger partial charge >= 0.3 is 38.5 Å². The quantitative estimate of drug-likeness (QED) is 0.0659. The summed E-state index contributed by atoms with van der Waals surface area (Å²) in [5.74, 6) is -11.5. The first kappa shape index (κ1) is 38.0. The molecule has 1 saturated heterocycles. The fourth-order valence-electron chi connectivity index (χ4n) is 5.57. The topological polar surface area (TPSA) is 264 Å². The Hall–Kier alpha value is -5.27. The molecule has 2 aliphatic rings. The summed E-state index contributed by atoms with van der Waals surface area (Å²) in [6.45, 7) is -1.24. The third-order valence-electron chi connectivity index (χ3n) is 8.14. The highest BCUT2D eigenvalue weighted by atomic mass is 35.5.